The van der Waals surface area contributed by atoms with Crippen LogP contribution in [0.1, 0.15) is 30.7 Å². The number of methoxy groups -OCH3 is 1. The fraction of sp³-hybridized carbons (Fsp3) is 0.333. The molecule has 1 aliphatic rings. The van der Waals surface area contributed by atoms with Crippen LogP contribution in [0.3, 0.4) is 0 Å². The van der Waals surface area contributed by atoms with Crippen LogP contribution < -0.4 is 4.74 Å². The highest BCUT2D eigenvalue weighted by molar-refractivity contribution is 6.30. The van der Waals surface area contributed by atoms with E-state index < -0.39 is 17.7 Å². The van der Waals surface area contributed by atoms with Crippen molar-refractivity contribution in [2.45, 2.75) is 39.6 Å². The summed E-state index contributed by atoms with van der Waals surface area (Å²) in [5.41, 5.74) is 2.10. The van der Waals surface area contributed by atoms with E-state index in [-0.39, 0.29) is 54.6 Å². The molecule has 4 aromatic rings. The Morgan fingerprint density at radius 3 is 2.56 bits per heavy atom. The van der Waals surface area contributed by atoms with E-state index >= 15 is 0 Å². The number of ether oxygens (including phenoxy) is 3. The molecule has 0 aliphatic carbocycles. The molecule has 0 radical (unpaired) electrons. The number of amides is 1. The second-order valence-electron chi connectivity index (χ2n) is 9.28. The van der Waals surface area contributed by atoms with E-state index in [0.29, 0.717) is 34.5 Å². The van der Waals surface area contributed by atoms with Crippen LogP contribution in [0.2, 0.25) is 5.15 Å². The molecule has 0 spiro atoms. The zero-order chi connectivity index (χ0) is 27.7. The van der Waals surface area contributed by atoms with Crippen LogP contribution in [-0.4, -0.2) is 57.2 Å². The highest BCUT2D eigenvalue weighted by Crippen LogP contribution is 2.33. The number of nitrogens with zero attached hydrogens (tertiary/aromatic N) is 5. The Morgan fingerprint density at radius 2 is 1.85 bits per heavy atom. The van der Waals surface area contributed by atoms with Crippen LogP contribution in [0.25, 0.3) is 22.4 Å². The zero-order valence-electron chi connectivity index (χ0n) is 21.6. The van der Waals surface area contributed by atoms with Crippen molar-refractivity contribution < 1.29 is 27.8 Å². The van der Waals surface area contributed by atoms with Crippen LogP contribution in [-0.2, 0) is 29.1 Å². The predicted molar refractivity (Wildman–Crippen MR) is 139 cm³/mol. The molecule has 39 heavy (non-hydrogen) atoms. The molecule has 5 rings (SSSR count). The average molecular weight is 558 g/mol. The number of aromatic nitrogens is 4. The lowest BCUT2D eigenvalue weighted by Crippen LogP contribution is -2.28. The lowest BCUT2D eigenvalue weighted by Gasteiger charge is -2.16. The molecule has 2 aromatic heterocycles. The molecule has 2 aromatic carbocycles. The van der Waals surface area contributed by atoms with Crippen molar-refractivity contribution in [3.8, 4) is 17.3 Å². The summed E-state index contributed by atoms with van der Waals surface area (Å²) in [7, 11) is 1.51. The number of benzene rings is 2. The maximum atomic E-state index is 14.9. The minimum absolute atomic E-state index is 0.0734. The van der Waals surface area contributed by atoms with Crippen molar-refractivity contribution in [3.63, 3.8) is 0 Å². The van der Waals surface area contributed by atoms with Gasteiger partial charge in [0, 0.05) is 35.8 Å². The van der Waals surface area contributed by atoms with Crippen molar-refractivity contribution in [3.05, 3.63) is 70.0 Å². The summed E-state index contributed by atoms with van der Waals surface area (Å²) >= 11 is 6.51. The van der Waals surface area contributed by atoms with Gasteiger partial charge in [0.15, 0.2) is 5.82 Å². The Balaban J connectivity index is 1.47. The lowest BCUT2D eigenvalue weighted by atomic mass is 10.1. The number of halogens is 3. The van der Waals surface area contributed by atoms with Gasteiger partial charge in [0.1, 0.15) is 34.8 Å². The van der Waals surface area contributed by atoms with Gasteiger partial charge in [-0.15, -0.1) is 0 Å². The molecule has 0 saturated carbocycles. The van der Waals surface area contributed by atoms with Crippen LogP contribution >= 0.6 is 11.6 Å². The van der Waals surface area contributed by atoms with E-state index in [1.54, 1.807) is 26.0 Å². The van der Waals surface area contributed by atoms with Crippen molar-refractivity contribution in [1.82, 2.24) is 24.6 Å². The molecule has 12 heteroatoms. The molecule has 9 nitrogen and oxygen atoms in total. The molecular weight excluding hydrogens is 532 g/mol. The summed E-state index contributed by atoms with van der Waals surface area (Å²) in [4.78, 5) is 23.0. The second-order valence-corrected chi connectivity index (χ2v) is 9.64. The van der Waals surface area contributed by atoms with E-state index in [2.05, 4.69) is 15.1 Å². The summed E-state index contributed by atoms with van der Waals surface area (Å²) in [6.07, 6.45) is -0.725. The smallest absolute Gasteiger partial charge is 0.410 e. The number of fused-ring (bicyclic) bond motifs is 2. The third-order valence-electron chi connectivity index (χ3n) is 6.17. The van der Waals surface area contributed by atoms with Gasteiger partial charge >= 0.3 is 6.09 Å². The van der Waals surface area contributed by atoms with Crippen molar-refractivity contribution in [1.29, 1.82) is 0 Å². The SMILES string of the molecule is COCCOc1cc(F)c(Cn2nc(-c3nc(Cl)c4c(n3)CN(C(=O)OC(C)C)C4)c3ccccc32)c(F)c1. The topological polar surface area (TPSA) is 91.6 Å². The Labute approximate surface area is 228 Å². The van der Waals surface area contributed by atoms with Gasteiger partial charge in [0.05, 0.1) is 43.6 Å². The van der Waals surface area contributed by atoms with Crippen LogP contribution in [0.4, 0.5) is 13.6 Å². The molecule has 3 heterocycles. The van der Waals surface area contributed by atoms with Crippen molar-refractivity contribution in [2.75, 3.05) is 20.3 Å². The minimum atomic E-state index is -0.756. The van der Waals surface area contributed by atoms with Gasteiger partial charge in [0.25, 0.3) is 0 Å². The first kappa shape index (κ1) is 26.8. The molecular formula is C27H26ClF2N5O4. The van der Waals surface area contributed by atoms with Crippen LogP contribution in [0.5, 0.6) is 5.75 Å². The van der Waals surface area contributed by atoms with E-state index in [1.807, 2.05) is 12.1 Å². The Kier molecular flexibility index (Phi) is 7.62. The quantitative estimate of drug-likeness (QED) is 0.213. The normalized spacial score (nSPS) is 12.8. The number of hydrogen-bond donors (Lipinski definition) is 0. The average Bonchev–Trinajstić information content (AvgIpc) is 3.48. The minimum Gasteiger partial charge on any atom is -0.491 e. The van der Waals surface area contributed by atoms with E-state index in [4.69, 9.17) is 25.8 Å². The molecule has 0 saturated heterocycles. The van der Waals surface area contributed by atoms with Gasteiger partial charge in [-0.2, -0.15) is 5.10 Å². The first-order valence-corrected chi connectivity index (χ1v) is 12.7. The monoisotopic (exact) mass is 557 g/mol. The van der Waals surface area contributed by atoms with E-state index in [9.17, 15) is 13.6 Å². The molecule has 0 atom stereocenters. The number of carbonyl (C=O) groups is 1. The third-order valence-corrected chi connectivity index (χ3v) is 6.49. The molecule has 0 N–H and O–H groups in total. The molecule has 0 fully saturated rings. The van der Waals surface area contributed by atoms with E-state index in [0.717, 1.165) is 12.1 Å². The Hall–Kier alpha value is -3.83. The lowest BCUT2D eigenvalue weighted by molar-refractivity contribution is 0.0758. The first-order valence-electron chi connectivity index (χ1n) is 12.3. The summed E-state index contributed by atoms with van der Waals surface area (Å²) < 4.78 is 46.9. The van der Waals surface area contributed by atoms with Crippen LogP contribution in [0, 0.1) is 11.6 Å². The van der Waals surface area contributed by atoms with Gasteiger partial charge in [-0.05, 0) is 19.9 Å². The first-order chi connectivity index (χ1) is 18.7. The van der Waals surface area contributed by atoms with Crippen LogP contribution in [0.15, 0.2) is 36.4 Å². The summed E-state index contributed by atoms with van der Waals surface area (Å²) in [6, 6.07) is 9.52. The Morgan fingerprint density at radius 1 is 1.10 bits per heavy atom. The Bertz CT molecular complexity index is 1520. The largest absolute Gasteiger partial charge is 0.491 e. The van der Waals surface area contributed by atoms with Gasteiger partial charge in [-0.3, -0.25) is 9.58 Å². The summed E-state index contributed by atoms with van der Waals surface area (Å²) in [5, 5.41) is 5.51. The molecule has 1 amide bonds. The van der Waals surface area contributed by atoms with Gasteiger partial charge in [-0.25, -0.2) is 23.5 Å². The summed E-state index contributed by atoms with van der Waals surface area (Å²) in [6.45, 7) is 4.28. The van der Waals surface area contributed by atoms with Crippen molar-refractivity contribution in [2.24, 2.45) is 0 Å². The fourth-order valence-corrected chi connectivity index (χ4v) is 4.59. The molecule has 0 bridgehead atoms. The number of para-hydroxylation sites is 1. The number of carbonyl (C=O) groups excluding carboxylic acids is 1. The third kappa shape index (κ3) is 5.50. The standard InChI is InChI=1S/C27H26ClF2N5O4/c1-15(2)39-27(36)34-12-19-22(14-34)31-26(32-25(19)28)24-17-6-4-5-7-23(17)35(33-24)13-18-20(29)10-16(11-21(18)30)38-9-8-37-3/h4-7,10-11,15H,8-9,12-14H2,1-3H3. The van der Waals surface area contributed by atoms with E-state index in [1.165, 1.54) is 16.7 Å². The van der Waals surface area contributed by atoms with Gasteiger partial charge in [0.2, 0.25) is 0 Å². The molecule has 1 aliphatic heterocycles. The maximum Gasteiger partial charge on any atom is 0.410 e. The summed E-state index contributed by atoms with van der Waals surface area (Å²) in [5.74, 6) is -1.19. The van der Waals surface area contributed by atoms with Crippen molar-refractivity contribution >= 4 is 28.6 Å². The second kappa shape index (κ2) is 11.1. The predicted octanol–water partition coefficient (Wildman–Crippen LogP) is 5.36. The number of rotatable bonds is 8. The highest BCUT2D eigenvalue weighted by atomic mass is 35.5. The number of hydrogen-bond acceptors (Lipinski definition) is 7. The van der Waals surface area contributed by atoms with Gasteiger partial charge < -0.3 is 14.2 Å². The molecule has 204 valence electrons. The zero-order valence-corrected chi connectivity index (χ0v) is 22.3. The fourth-order valence-electron chi connectivity index (χ4n) is 4.35. The maximum absolute atomic E-state index is 14.9. The molecule has 0 unspecified atom stereocenters. The van der Waals surface area contributed by atoms with Gasteiger partial charge in [-0.1, -0.05) is 29.8 Å². The highest BCUT2D eigenvalue weighted by Gasteiger charge is 2.30.